The summed E-state index contributed by atoms with van der Waals surface area (Å²) in [5.74, 6) is -1.60. The minimum Gasteiger partial charge on any atom is -0.450 e. The van der Waals surface area contributed by atoms with E-state index >= 15 is 0 Å². The van der Waals surface area contributed by atoms with Gasteiger partial charge in [-0.05, 0) is 31.5 Å². The van der Waals surface area contributed by atoms with Gasteiger partial charge in [0.2, 0.25) is 0 Å². The summed E-state index contributed by atoms with van der Waals surface area (Å²) in [6.45, 7) is 2.83. The largest absolute Gasteiger partial charge is 0.450 e. The molecule has 0 aliphatic heterocycles. The van der Waals surface area contributed by atoms with E-state index in [4.69, 9.17) is 4.74 Å². The van der Waals surface area contributed by atoms with Crippen LogP contribution < -0.4 is 5.32 Å². The fourth-order valence-corrected chi connectivity index (χ4v) is 2.12. The molecule has 0 radical (unpaired) electrons. The summed E-state index contributed by atoms with van der Waals surface area (Å²) in [7, 11) is 0. The van der Waals surface area contributed by atoms with Gasteiger partial charge in [0.05, 0.1) is 0 Å². The van der Waals surface area contributed by atoms with E-state index in [0.29, 0.717) is 16.8 Å². The first-order chi connectivity index (χ1) is 11.9. The SMILES string of the molecule is CC(=O)c1cccc(NC(=O)[C@H](C)OC(=O)[C@H](O)c2ccccc2)c1. The number of carbonyl (C=O) groups excluding carboxylic acids is 3. The van der Waals surface area contributed by atoms with E-state index in [2.05, 4.69) is 5.32 Å². The number of hydrogen-bond acceptors (Lipinski definition) is 5. The number of aliphatic hydroxyl groups is 1. The Morgan fingerprint density at radius 2 is 1.72 bits per heavy atom. The van der Waals surface area contributed by atoms with Crippen molar-refractivity contribution in [3.63, 3.8) is 0 Å². The lowest BCUT2D eigenvalue weighted by atomic mass is 10.1. The van der Waals surface area contributed by atoms with Crippen molar-refractivity contribution in [2.75, 3.05) is 5.32 Å². The molecule has 6 heteroatoms. The van der Waals surface area contributed by atoms with Gasteiger partial charge in [-0.25, -0.2) is 4.79 Å². The average Bonchev–Trinajstić information content (AvgIpc) is 2.61. The van der Waals surface area contributed by atoms with Gasteiger partial charge in [0.25, 0.3) is 5.91 Å². The Labute approximate surface area is 145 Å². The van der Waals surface area contributed by atoms with Crippen LogP contribution in [0, 0.1) is 0 Å². The molecule has 0 saturated heterocycles. The number of hydrogen-bond donors (Lipinski definition) is 2. The highest BCUT2D eigenvalue weighted by Gasteiger charge is 2.24. The number of esters is 1. The lowest BCUT2D eigenvalue weighted by Crippen LogP contribution is -2.31. The maximum atomic E-state index is 12.1. The molecule has 0 aliphatic carbocycles. The first-order valence-corrected chi connectivity index (χ1v) is 7.74. The number of aliphatic hydroxyl groups excluding tert-OH is 1. The zero-order valence-corrected chi connectivity index (χ0v) is 13.9. The van der Waals surface area contributed by atoms with Crippen molar-refractivity contribution in [1.82, 2.24) is 0 Å². The Kier molecular flexibility index (Phi) is 6.03. The summed E-state index contributed by atoms with van der Waals surface area (Å²) in [6.07, 6.45) is -2.57. The number of ether oxygens (including phenoxy) is 1. The fourth-order valence-electron chi connectivity index (χ4n) is 2.12. The van der Waals surface area contributed by atoms with Crippen LogP contribution in [0.1, 0.15) is 35.9 Å². The van der Waals surface area contributed by atoms with Crippen molar-refractivity contribution >= 4 is 23.3 Å². The second-order valence-electron chi connectivity index (χ2n) is 5.52. The smallest absolute Gasteiger partial charge is 0.340 e. The minimum absolute atomic E-state index is 0.124. The molecule has 2 rings (SSSR count). The van der Waals surface area contributed by atoms with Gasteiger partial charge in [0.15, 0.2) is 18.0 Å². The lowest BCUT2D eigenvalue weighted by Gasteiger charge is -2.16. The maximum Gasteiger partial charge on any atom is 0.340 e. The number of rotatable bonds is 6. The number of nitrogens with one attached hydrogen (secondary N) is 1. The molecular weight excluding hydrogens is 322 g/mol. The third-order valence-electron chi connectivity index (χ3n) is 3.54. The molecule has 0 heterocycles. The molecular formula is C19H19NO5. The normalized spacial score (nSPS) is 12.8. The first-order valence-electron chi connectivity index (χ1n) is 7.74. The van der Waals surface area contributed by atoms with E-state index in [1.54, 1.807) is 48.5 Å². The van der Waals surface area contributed by atoms with Crippen molar-refractivity contribution in [2.45, 2.75) is 26.1 Å². The van der Waals surface area contributed by atoms with Crippen LogP contribution in [-0.2, 0) is 14.3 Å². The predicted molar refractivity (Wildman–Crippen MR) is 92.0 cm³/mol. The first kappa shape index (κ1) is 18.4. The number of Topliss-reactive ketones (excluding diaryl/α,β-unsaturated/α-hetero) is 1. The molecule has 2 aromatic rings. The highest BCUT2D eigenvalue weighted by atomic mass is 16.6. The van der Waals surface area contributed by atoms with Crippen LogP contribution in [0.5, 0.6) is 0 Å². The molecule has 6 nitrogen and oxygen atoms in total. The quantitative estimate of drug-likeness (QED) is 0.622. The number of ketones is 1. The molecule has 0 unspecified atom stereocenters. The number of benzene rings is 2. The van der Waals surface area contributed by atoms with Crippen LogP contribution >= 0.6 is 0 Å². The van der Waals surface area contributed by atoms with E-state index in [1.807, 2.05) is 0 Å². The number of anilines is 1. The molecule has 25 heavy (non-hydrogen) atoms. The van der Waals surface area contributed by atoms with Gasteiger partial charge in [-0.15, -0.1) is 0 Å². The van der Waals surface area contributed by atoms with Crippen molar-refractivity contribution in [1.29, 1.82) is 0 Å². The van der Waals surface area contributed by atoms with Gasteiger partial charge in [0.1, 0.15) is 0 Å². The monoisotopic (exact) mass is 341 g/mol. The van der Waals surface area contributed by atoms with Gasteiger partial charge in [0, 0.05) is 11.3 Å². The molecule has 0 saturated carbocycles. The van der Waals surface area contributed by atoms with Crippen molar-refractivity contribution in [2.24, 2.45) is 0 Å². The summed E-state index contributed by atoms with van der Waals surface area (Å²) in [6, 6.07) is 14.7. The minimum atomic E-state index is -1.46. The third kappa shape index (κ3) is 4.99. The van der Waals surface area contributed by atoms with Gasteiger partial charge in [-0.1, -0.05) is 42.5 Å². The standard InChI is InChI=1S/C19H19NO5/c1-12(21)15-9-6-10-16(11-15)20-18(23)13(2)25-19(24)17(22)14-7-4-3-5-8-14/h3-11,13,17,22H,1-2H3,(H,20,23)/t13-,17+/m0/s1. The maximum absolute atomic E-state index is 12.1. The zero-order chi connectivity index (χ0) is 18.4. The van der Waals surface area contributed by atoms with Crippen LogP contribution in [0.15, 0.2) is 54.6 Å². The molecule has 0 aromatic heterocycles. The topological polar surface area (TPSA) is 92.7 Å². The van der Waals surface area contributed by atoms with Gasteiger partial charge >= 0.3 is 5.97 Å². The highest BCUT2D eigenvalue weighted by molar-refractivity contribution is 5.98. The van der Waals surface area contributed by atoms with Crippen LogP contribution in [0.3, 0.4) is 0 Å². The highest BCUT2D eigenvalue weighted by Crippen LogP contribution is 2.16. The van der Waals surface area contributed by atoms with Gasteiger partial charge < -0.3 is 15.2 Å². The Morgan fingerprint density at radius 1 is 1.04 bits per heavy atom. The molecule has 2 N–H and O–H groups in total. The van der Waals surface area contributed by atoms with E-state index in [-0.39, 0.29) is 5.78 Å². The fraction of sp³-hybridized carbons (Fsp3) is 0.211. The van der Waals surface area contributed by atoms with E-state index < -0.39 is 24.1 Å². The summed E-state index contributed by atoms with van der Waals surface area (Å²) in [4.78, 5) is 35.5. The molecule has 2 atom stereocenters. The number of amides is 1. The Hall–Kier alpha value is -2.99. The van der Waals surface area contributed by atoms with Crippen LogP contribution in [0.2, 0.25) is 0 Å². The van der Waals surface area contributed by atoms with E-state index in [9.17, 15) is 19.5 Å². The Morgan fingerprint density at radius 3 is 2.36 bits per heavy atom. The lowest BCUT2D eigenvalue weighted by molar-refractivity contribution is -0.162. The third-order valence-corrected chi connectivity index (χ3v) is 3.54. The Balaban J connectivity index is 1.97. The second-order valence-corrected chi connectivity index (χ2v) is 5.52. The van der Waals surface area contributed by atoms with E-state index in [1.165, 1.54) is 19.9 Å². The van der Waals surface area contributed by atoms with Crippen molar-refractivity contribution in [3.8, 4) is 0 Å². The molecule has 1 amide bonds. The summed E-state index contributed by atoms with van der Waals surface area (Å²) >= 11 is 0. The summed E-state index contributed by atoms with van der Waals surface area (Å²) in [5.41, 5.74) is 1.26. The average molecular weight is 341 g/mol. The van der Waals surface area contributed by atoms with E-state index in [0.717, 1.165) is 0 Å². The Bertz CT molecular complexity index is 772. The van der Waals surface area contributed by atoms with Crippen LogP contribution in [-0.4, -0.2) is 28.9 Å². The van der Waals surface area contributed by atoms with Crippen LogP contribution in [0.4, 0.5) is 5.69 Å². The summed E-state index contributed by atoms with van der Waals surface area (Å²) in [5, 5.41) is 12.5. The van der Waals surface area contributed by atoms with Gasteiger partial charge in [-0.2, -0.15) is 0 Å². The zero-order valence-electron chi connectivity index (χ0n) is 13.9. The summed E-state index contributed by atoms with van der Waals surface area (Å²) < 4.78 is 5.01. The van der Waals surface area contributed by atoms with Crippen LogP contribution in [0.25, 0.3) is 0 Å². The molecule has 0 bridgehead atoms. The molecule has 0 spiro atoms. The number of carbonyl (C=O) groups is 3. The molecule has 130 valence electrons. The second kappa shape index (κ2) is 8.21. The predicted octanol–water partition coefficient (Wildman–Crippen LogP) is 2.49. The molecule has 0 aliphatic rings. The van der Waals surface area contributed by atoms with Crippen molar-refractivity contribution in [3.05, 3.63) is 65.7 Å². The molecule has 0 fully saturated rings. The van der Waals surface area contributed by atoms with Crippen molar-refractivity contribution < 1.29 is 24.2 Å². The van der Waals surface area contributed by atoms with Gasteiger partial charge in [-0.3, -0.25) is 9.59 Å². The molecule has 2 aromatic carbocycles.